The Kier molecular flexibility index (Phi) is 4.44. The van der Waals surface area contributed by atoms with Crippen molar-refractivity contribution < 1.29 is 4.79 Å². The Morgan fingerprint density at radius 2 is 2.24 bits per heavy atom. The van der Waals surface area contributed by atoms with Crippen LogP contribution in [0.1, 0.15) is 24.8 Å². The molecule has 1 aromatic rings. The molecule has 1 aromatic carbocycles. The van der Waals surface area contributed by atoms with Gasteiger partial charge in [0.25, 0.3) is 0 Å². The van der Waals surface area contributed by atoms with Crippen LogP contribution in [0.5, 0.6) is 0 Å². The highest BCUT2D eigenvalue weighted by atomic mass is 16.1. The minimum absolute atomic E-state index is 0.0498. The Morgan fingerprint density at radius 1 is 1.38 bits per heavy atom. The average Bonchev–Trinajstić information content (AvgIpc) is 2.53. The molecule has 1 amide bonds. The molecule has 2 aliphatic heterocycles. The number of rotatable bonds is 3. The molecule has 0 aliphatic carbocycles. The normalized spacial score (nSPS) is 25.8. The molecule has 2 aliphatic rings. The van der Waals surface area contributed by atoms with Crippen molar-refractivity contribution >= 4 is 11.6 Å². The lowest BCUT2D eigenvalue weighted by atomic mass is 9.93. The highest BCUT2D eigenvalue weighted by Gasteiger charge is 2.25. The van der Waals surface area contributed by atoms with E-state index in [1.54, 1.807) is 0 Å². The Balaban J connectivity index is 1.52. The summed E-state index contributed by atoms with van der Waals surface area (Å²) < 4.78 is 0. The van der Waals surface area contributed by atoms with E-state index in [0.29, 0.717) is 6.04 Å². The first kappa shape index (κ1) is 14.4. The Morgan fingerprint density at radius 3 is 3.10 bits per heavy atom. The summed E-state index contributed by atoms with van der Waals surface area (Å²) >= 11 is 0. The number of anilines is 1. The number of para-hydroxylation sites is 1. The fourth-order valence-electron chi connectivity index (χ4n) is 3.39. The third-order valence-corrected chi connectivity index (χ3v) is 4.83. The van der Waals surface area contributed by atoms with E-state index in [2.05, 4.69) is 34.7 Å². The summed E-state index contributed by atoms with van der Waals surface area (Å²) in [5.74, 6) is 0.241. The van der Waals surface area contributed by atoms with E-state index in [4.69, 9.17) is 0 Å². The second kappa shape index (κ2) is 6.48. The summed E-state index contributed by atoms with van der Waals surface area (Å²) in [4.78, 5) is 14.8. The van der Waals surface area contributed by atoms with Gasteiger partial charge in [-0.05, 0) is 44.5 Å². The Bertz CT molecular complexity index is 503. The molecule has 2 unspecified atom stereocenters. The standard InChI is InChI=1S/C17H25N3O/c1-20-9-5-4-7-15(20)12-19-17(21)14-10-13-6-2-3-8-16(13)18-11-14/h2-3,6,8,14-15,18H,4-5,7,9-12H2,1H3,(H,19,21). The molecule has 0 bridgehead atoms. The van der Waals surface area contributed by atoms with E-state index >= 15 is 0 Å². The number of carbonyl (C=O) groups excluding carboxylic acids is 1. The van der Waals surface area contributed by atoms with Crippen LogP contribution in [0, 0.1) is 5.92 Å². The molecule has 2 heterocycles. The van der Waals surface area contributed by atoms with Gasteiger partial charge in [-0.3, -0.25) is 4.79 Å². The molecule has 4 nitrogen and oxygen atoms in total. The lowest BCUT2D eigenvalue weighted by Crippen LogP contribution is -2.47. The third-order valence-electron chi connectivity index (χ3n) is 4.83. The Hall–Kier alpha value is -1.55. The summed E-state index contributed by atoms with van der Waals surface area (Å²) in [6.07, 6.45) is 4.60. The van der Waals surface area contributed by atoms with Gasteiger partial charge < -0.3 is 15.5 Å². The van der Waals surface area contributed by atoms with Crippen LogP contribution in [0.25, 0.3) is 0 Å². The number of carbonyl (C=O) groups is 1. The van der Waals surface area contributed by atoms with Crippen LogP contribution >= 0.6 is 0 Å². The van der Waals surface area contributed by atoms with E-state index < -0.39 is 0 Å². The van der Waals surface area contributed by atoms with Crippen LogP contribution in [0.4, 0.5) is 5.69 Å². The highest BCUT2D eigenvalue weighted by Crippen LogP contribution is 2.24. The lowest BCUT2D eigenvalue weighted by Gasteiger charge is -2.33. The predicted octanol–water partition coefficient (Wildman–Crippen LogP) is 1.87. The quantitative estimate of drug-likeness (QED) is 0.892. The molecule has 1 fully saturated rings. The summed E-state index contributed by atoms with van der Waals surface area (Å²) in [6, 6.07) is 8.77. The molecule has 3 rings (SSSR count). The van der Waals surface area contributed by atoms with Gasteiger partial charge in [0, 0.05) is 24.8 Å². The van der Waals surface area contributed by atoms with Crippen molar-refractivity contribution in [2.24, 2.45) is 5.92 Å². The fraction of sp³-hybridized carbons (Fsp3) is 0.588. The number of nitrogens with one attached hydrogen (secondary N) is 2. The molecular formula is C17H25N3O. The van der Waals surface area contributed by atoms with Crippen molar-refractivity contribution in [3.8, 4) is 0 Å². The molecule has 114 valence electrons. The van der Waals surface area contributed by atoms with Crippen molar-refractivity contribution in [3.05, 3.63) is 29.8 Å². The molecule has 21 heavy (non-hydrogen) atoms. The number of amides is 1. The van der Waals surface area contributed by atoms with Crippen LogP contribution < -0.4 is 10.6 Å². The minimum Gasteiger partial charge on any atom is -0.384 e. The number of piperidine rings is 1. The zero-order chi connectivity index (χ0) is 14.7. The zero-order valence-corrected chi connectivity index (χ0v) is 12.8. The van der Waals surface area contributed by atoms with Crippen LogP contribution in [0.15, 0.2) is 24.3 Å². The van der Waals surface area contributed by atoms with Gasteiger partial charge >= 0.3 is 0 Å². The predicted molar refractivity (Wildman–Crippen MR) is 85.4 cm³/mol. The fourth-order valence-corrected chi connectivity index (χ4v) is 3.39. The first-order chi connectivity index (χ1) is 10.2. The second-order valence-corrected chi connectivity index (χ2v) is 6.31. The Labute approximate surface area is 126 Å². The summed E-state index contributed by atoms with van der Waals surface area (Å²) in [5.41, 5.74) is 2.42. The van der Waals surface area contributed by atoms with Crippen LogP contribution in [-0.4, -0.2) is 43.5 Å². The third kappa shape index (κ3) is 3.38. The topological polar surface area (TPSA) is 44.4 Å². The van der Waals surface area contributed by atoms with Crippen molar-refractivity contribution in [1.82, 2.24) is 10.2 Å². The van der Waals surface area contributed by atoms with Crippen LogP contribution in [-0.2, 0) is 11.2 Å². The van der Waals surface area contributed by atoms with Crippen molar-refractivity contribution in [2.45, 2.75) is 31.7 Å². The van der Waals surface area contributed by atoms with E-state index in [0.717, 1.165) is 26.1 Å². The molecule has 0 spiro atoms. The zero-order valence-electron chi connectivity index (χ0n) is 12.8. The number of nitrogens with zero attached hydrogens (tertiary/aromatic N) is 1. The molecule has 2 atom stereocenters. The number of benzene rings is 1. The average molecular weight is 287 g/mol. The first-order valence-corrected chi connectivity index (χ1v) is 8.04. The maximum atomic E-state index is 12.4. The molecule has 0 saturated carbocycles. The number of likely N-dealkylation sites (N-methyl/N-ethyl adjacent to an activating group) is 1. The molecule has 0 aromatic heterocycles. The molecule has 4 heteroatoms. The van der Waals surface area contributed by atoms with Crippen molar-refractivity contribution in [3.63, 3.8) is 0 Å². The minimum atomic E-state index is 0.0498. The molecule has 1 saturated heterocycles. The lowest BCUT2D eigenvalue weighted by molar-refractivity contribution is -0.124. The van der Waals surface area contributed by atoms with Gasteiger partial charge in [0.05, 0.1) is 5.92 Å². The molecule has 2 N–H and O–H groups in total. The smallest absolute Gasteiger partial charge is 0.225 e. The van der Waals surface area contributed by atoms with Crippen LogP contribution in [0.3, 0.4) is 0 Å². The van der Waals surface area contributed by atoms with Crippen molar-refractivity contribution in [1.29, 1.82) is 0 Å². The van der Waals surface area contributed by atoms with Gasteiger partial charge in [-0.25, -0.2) is 0 Å². The van der Waals surface area contributed by atoms with Crippen molar-refractivity contribution in [2.75, 3.05) is 32.0 Å². The second-order valence-electron chi connectivity index (χ2n) is 6.31. The van der Waals surface area contributed by atoms with Gasteiger partial charge in [0.15, 0.2) is 0 Å². The molecular weight excluding hydrogens is 262 g/mol. The van der Waals surface area contributed by atoms with Gasteiger partial charge in [-0.1, -0.05) is 24.6 Å². The van der Waals surface area contributed by atoms with E-state index in [1.807, 2.05) is 12.1 Å². The number of hydrogen-bond acceptors (Lipinski definition) is 3. The SMILES string of the molecule is CN1CCCCC1CNC(=O)C1CNc2ccccc2C1. The summed E-state index contributed by atoms with van der Waals surface area (Å²) in [6.45, 7) is 2.68. The summed E-state index contributed by atoms with van der Waals surface area (Å²) in [7, 11) is 2.16. The van der Waals surface area contributed by atoms with Gasteiger partial charge in [0.2, 0.25) is 5.91 Å². The maximum absolute atomic E-state index is 12.4. The molecule has 0 radical (unpaired) electrons. The van der Waals surface area contributed by atoms with Crippen LogP contribution in [0.2, 0.25) is 0 Å². The largest absolute Gasteiger partial charge is 0.384 e. The highest BCUT2D eigenvalue weighted by molar-refractivity contribution is 5.80. The van der Waals surface area contributed by atoms with E-state index in [9.17, 15) is 4.79 Å². The van der Waals surface area contributed by atoms with Gasteiger partial charge in [-0.2, -0.15) is 0 Å². The van der Waals surface area contributed by atoms with Gasteiger partial charge in [0.1, 0.15) is 0 Å². The number of likely N-dealkylation sites (tertiary alicyclic amines) is 1. The van der Waals surface area contributed by atoms with E-state index in [1.165, 1.54) is 30.5 Å². The van der Waals surface area contributed by atoms with Gasteiger partial charge in [-0.15, -0.1) is 0 Å². The van der Waals surface area contributed by atoms with E-state index in [-0.39, 0.29) is 11.8 Å². The monoisotopic (exact) mass is 287 g/mol. The maximum Gasteiger partial charge on any atom is 0.225 e. The number of fused-ring (bicyclic) bond motifs is 1. The first-order valence-electron chi connectivity index (χ1n) is 8.04. The summed E-state index contributed by atoms with van der Waals surface area (Å²) in [5, 5.41) is 6.53. The number of hydrogen-bond donors (Lipinski definition) is 2.